The van der Waals surface area contributed by atoms with E-state index in [2.05, 4.69) is 9.47 Å². The first kappa shape index (κ1) is 18.3. The first-order valence-corrected chi connectivity index (χ1v) is 7.02. The van der Waals surface area contributed by atoms with E-state index in [0.717, 1.165) is 0 Å². The van der Waals surface area contributed by atoms with Gasteiger partial charge in [0.05, 0.1) is 25.4 Å². The Labute approximate surface area is 133 Å². The van der Waals surface area contributed by atoms with Crippen molar-refractivity contribution in [1.82, 2.24) is 0 Å². The van der Waals surface area contributed by atoms with E-state index in [1.165, 1.54) is 18.2 Å². The number of rotatable bonds is 6. The number of carbonyl (C=O) groups is 3. The van der Waals surface area contributed by atoms with Crippen LogP contribution in [0.1, 0.15) is 31.1 Å². The van der Waals surface area contributed by atoms with E-state index in [9.17, 15) is 14.4 Å². The molecule has 0 aliphatic carbocycles. The molecule has 23 heavy (non-hydrogen) atoms. The minimum Gasteiger partial charge on any atom is -0.462 e. The number of carbonyl (C=O) groups excluding carboxylic acids is 3. The van der Waals surface area contributed by atoms with E-state index in [1.54, 1.807) is 20.8 Å². The summed E-state index contributed by atoms with van der Waals surface area (Å²) in [4.78, 5) is 34.6. The van der Waals surface area contributed by atoms with Crippen LogP contribution in [0, 0.1) is 0 Å². The molecule has 0 aromatic heterocycles. The Morgan fingerprint density at radius 2 is 1.30 bits per heavy atom. The monoisotopic (exact) mass is 326 g/mol. The maximum atomic E-state index is 11.7. The van der Waals surface area contributed by atoms with Gasteiger partial charge in [-0.3, -0.25) is 0 Å². The van der Waals surface area contributed by atoms with E-state index in [0.29, 0.717) is 0 Å². The van der Waals surface area contributed by atoms with Crippen LogP contribution in [0.4, 0.5) is 9.59 Å². The van der Waals surface area contributed by atoms with Gasteiger partial charge in [0.1, 0.15) is 0 Å². The average molecular weight is 326 g/mol. The quantitative estimate of drug-likeness (QED) is 0.447. The minimum absolute atomic E-state index is 0.0930. The lowest BCUT2D eigenvalue weighted by atomic mass is 10.2. The van der Waals surface area contributed by atoms with Crippen molar-refractivity contribution < 1.29 is 38.1 Å². The smallest absolute Gasteiger partial charge is 0.462 e. The summed E-state index contributed by atoms with van der Waals surface area (Å²) in [7, 11) is 0. The molecule has 8 heteroatoms. The Morgan fingerprint density at radius 3 is 1.83 bits per heavy atom. The van der Waals surface area contributed by atoms with Crippen molar-refractivity contribution in [3.63, 3.8) is 0 Å². The molecular weight excluding hydrogens is 308 g/mol. The number of hydrogen-bond donors (Lipinski definition) is 0. The molecule has 0 bridgehead atoms. The highest BCUT2D eigenvalue weighted by Gasteiger charge is 2.18. The van der Waals surface area contributed by atoms with Gasteiger partial charge in [0.2, 0.25) is 0 Å². The van der Waals surface area contributed by atoms with Crippen LogP contribution in [-0.4, -0.2) is 38.1 Å². The minimum atomic E-state index is -0.998. The number of ether oxygens (including phenoxy) is 5. The highest BCUT2D eigenvalue weighted by atomic mass is 16.7. The molecule has 0 amide bonds. The number of hydrogen-bond acceptors (Lipinski definition) is 8. The third-order valence-electron chi connectivity index (χ3n) is 2.37. The zero-order valence-electron chi connectivity index (χ0n) is 13.1. The maximum absolute atomic E-state index is 11.7. The van der Waals surface area contributed by atoms with Crippen LogP contribution in [0.25, 0.3) is 0 Å². The van der Waals surface area contributed by atoms with Crippen molar-refractivity contribution in [2.24, 2.45) is 0 Å². The predicted molar refractivity (Wildman–Crippen MR) is 77.7 cm³/mol. The molecule has 0 unspecified atom stereocenters. The summed E-state index contributed by atoms with van der Waals surface area (Å²) in [5.74, 6) is -0.865. The van der Waals surface area contributed by atoms with Crippen LogP contribution in [0.15, 0.2) is 18.2 Å². The lowest BCUT2D eigenvalue weighted by Crippen LogP contribution is -2.15. The molecule has 0 saturated heterocycles. The van der Waals surface area contributed by atoms with E-state index in [-0.39, 0.29) is 36.9 Å². The van der Waals surface area contributed by atoms with Crippen LogP contribution in [0.2, 0.25) is 0 Å². The molecule has 0 spiro atoms. The zero-order valence-corrected chi connectivity index (χ0v) is 13.1. The number of benzene rings is 1. The molecule has 0 N–H and O–H groups in total. The van der Waals surface area contributed by atoms with Crippen LogP contribution in [-0.2, 0) is 14.2 Å². The van der Waals surface area contributed by atoms with Gasteiger partial charge in [0.25, 0.3) is 0 Å². The van der Waals surface area contributed by atoms with Crippen LogP contribution in [0.3, 0.4) is 0 Å². The van der Waals surface area contributed by atoms with Gasteiger partial charge in [-0.05, 0) is 39.0 Å². The fourth-order valence-electron chi connectivity index (χ4n) is 1.49. The first-order valence-electron chi connectivity index (χ1n) is 7.02. The van der Waals surface area contributed by atoms with E-state index >= 15 is 0 Å². The second-order valence-electron chi connectivity index (χ2n) is 3.95. The highest BCUT2D eigenvalue weighted by molar-refractivity contribution is 5.90. The molecule has 1 rings (SSSR count). The van der Waals surface area contributed by atoms with Gasteiger partial charge in [-0.15, -0.1) is 0 Å². The standard InChI is InChI=1S/C15H18O8/c1-4-19-13(16)10-7-8-11(22-14(17)20-5-2)12(9-10)23-15(18)21-6-3/h7-9H,4-6H2,1-3H3. The van der Waals surface area contributed by atoms with Gasteiger partial charge in [0, 0.05) is 0 Å². The molecule has 0 saturated carbocycles. The van der Waals surface area contributed by atoms with Crippen molar-refractivity contribution in [2.75, 3.05) is 19.8 Å². The fraction of sp³-hybridized carbons (Fsp3) is 0.400. The Morgan fingerprint density at radius 1 is 0.783 bits per heavy atom. The van der Waals surface area contributed by atoms with E-state index in [4.69, 9.17) is 14.2 Å². The van der Waals surface area contributed by atoms with Gasteiger partial charge < -0.3 is 23.7 Å². The Balaban J connectivity index is 3.04. The largest absolute Gasteiger partial charge is 0.513 e. The van der Waals surface area contributed by atoms with Gasteiger partial charge in [-0.25, -0.2) is 14.4 Å². The number of esters is 1. The van der Waals surface area contributed by atoms with Crippen molar-refractivity contribution >= 4 is 18.3 Å². The summed E-state index contributed by atoms with van der Waals surface area (Å²) < 4.78 is 24.0. The maximum Gasteiger partial charge on any atom is 0.513 e. The van der Waals surface area contributed by atoms with Crippen LogP contribution >= 0.6 is 0 Å². The predicted octanol–water partition coefficient (Wildman–Crippen LogP) is 2.93. The normalized spacial score (nSPS) is 9.70. The Kier molecular flexibility index (Phi) is 7.38. The SMILES string of the molecule is CCOC(=O)Oc1ccc(C(=O)OCC)cc1OC(=O)OCC. The topological polar surface area (TPSA) is 97.4 Å². The third-order valence-corrected chi connectivity index (χ3v) is 2.37. The molecule has 0 radical (unpaired) electrons. The van der Waals surface area contributed by atoms with Gasteiger partial charge in [0.15, 0.2) is 11.5 Å². The lowest BCUT2D eigenvalue weighted by molar-refractivity contribution is 0.0525. The summed E-state index contributed by atoms with van der Waals surface area (Å²) in [6.07, 6.45) is -1.97. The molecular formula is C15H18O8. The molecule has 0 heterocycles. The highest BCUT2D eigenvalue weighted by Crippen LogP contribution is 2.29. The Hall–Kier alpha value is -2.77. The Bertz CT molecular complexity index is 567. The summed E-state index contributed by atoms with van der Waals surface area (Å²) in [5, 5.41) is 0. The molecule has 8 nitrogen and oxygen atoms in total. The molecule has 126 valence electrons. The van der Waals surface area contributed by atoms with Gasteiger partial charge >= 0.3 is 18.3 Å². The van der Waals surface area contributed by atoms with Gasteiger partial charge in [-0.1, -0.05) is 0 Å². The summed E-state index contributed by atoms with van der Waals surface area (Å²) in [5.41, 5.74) is 0.127. The van der Waals surface area contributed by atoms with Crippen LogP contribution in [0.5, 0.6) is 11.5 Å². The van der Waals surface area contributed by atoms with E-state index in [1.807, 2.05) is 0 Å². The lowest BCUT2D eigenvalue weighted by Gasteiger charge is -2.11. The first-order chi connectivity index (χ1) is 11.0. The van der Waals surface area contributed by atoms with Crippen molar-refractivity contribution in [2.45, 2.75) is 20.8 Å². The molecule has 0 atom stereocenters. The molecule has 1 aromatic rings. The van der Waals surface area contributed by atoms with Crippen molar-refractivity contribution in [3.8, 4) is 11.5 Å². The summed E-state index contributed by atoms with van der Waals surface area (Å²) in [6.45, 7) is 5.28. The molecule has 0 fully saturated rings. The third kappa shape index (κ3) is 5.85. The van der Waals surface area contributed by atoms with Crippen molar-refractivity contribution in [1.29, 1.82) is 0 Å². The molecule has 0 aliphatic rings. The average Bonchev–Trinajstić information content (AvgIpc) is 2.49. The fourth-order valence-corrected chi connectivity index (χ4v) is 1.49. The van der Waals surface area contributed by atoms with Gasteiger partial charge in [-0.2, -0.15) is 0 Å². The zero-order chi connectivity index (χ0) is 17.2. The summed E-state index contributed by atoms with van der Waals surface area (Å²) >= 11 is 0. The van der Waals surface area contributed by atoms with Crippen molar-refractivity contribution in [3.05, 3.63) is 23.8 Å². The van der Waals surface area contributed by atoms with E-state index < -0.39 is 18.3 Å². The molecule has 1 aromatic carbocycles. The van der Waals surface area contributed by atoms with Crippen LogP contribution < -0.4 is 9.47 Å². The second kappa shape index (κ2) is 9.29. The second-order valence-corrected chi connectivity index (χ2v) is 3.95. The summed E-state index contributed by atoms with van der Waals surface area (Å²) in [6, 6.07) is 3.87. The molecule has 0 aliphatic heterocycles.